The average Bonchev–Trinajstić information content (AvgIpc) is 2.55. The van der Waals surface area contributed by atoms with Crippen LogP contribution in [0.5, 0.6) is 0 Å². The third-order valence-electron chi connectivity index (χ3n) is 3.11. The van der Waals surface area contributed by atoms with Crippen molar-refractivity contribution in [3.05, 3.63) is 35.5 Å². The predicted octanol–water partition coefficient (Wildman–Crippen LogP) is 2.77. The van der Waals surface area contributed by atoms with Gasteiger partial charge in [0, 0.05) is 24.3 Å². The Morgan fingerprint density at radius 3 is 2.67 bits per heavy atom. The largest absolute Gasteiger partial charge is 0.346 e. The van der Waals surface area contributed by atoms with E-state index < -0.39 is 0 Å². The summed E-state index contributed by atoms with van der Waals surface area (Å²) in [4.78, 5) is 0. The average molecular weight is 202 g/mol. The zero-order chi connectivity index (χ0) is 11.0. The molecule has 0 fully saturated rings. The smallest absolute Gasteiger partial charge is 0.0483 e. The summed E-state index contributed by atoms with van der Waals surface area (Å²) in [7, 11) is 4.12. The molecule has 1 aromatic carbocycles. The second kappa shape index (κ2) is 3.70. The third kappa shape index (κ3) is 1.65. The van der Waals surface area contributed by atoms with Crippen molar-refractivity contribution in [3.63, 3.8) is 0 Å². The molecule has 15 heavy (non-hydrogen) atoms. The van der Waals surface area contributed by atoms with Gasteiger partial charge in [-0.1, -0.05) is 12.1 Å². The molecule has 1 N–H and O–H groups in total. The van der Waals surface area contributed by atoms with Crippen LogP contribution in [0.1, 0.15) is 24.2 Å². The van der Waals surface area contributed by atoms with Gasteiger partial charge in [-0.25, -0.2) is 0 Å². The van der Waals surface area contributed by atoms with E-state index in [-0.39, 0.29) is 0 Å². The van der Waals surface area contributed by atoms with Crippen LogP contribution in [0.4, 0.5) is 0 Å². The molecule has 1 unspecified atom stereocenters. The highest BCUT2D eigenvalue weighted by atomic mass is 15.0. The standard InChI is InChI=1S/C13H18N2/c1-9-5-6-11-8-12(10(2)14-3)15(4)13(11)7-9/h5-8,10,14H,1-4H3. The van der Waals surface area contributed by atoms with Crippen molar-refractivity contribution in [3.8, 4) is 0 Å². The molecule has 2 nitrogen and oxygen atoms in total. The lowest BCUT2D eigenvalue weighted by Gasteiger charge is -2.11. The van der Waals surface area contributed by atoms with Crippen molar-refractivity contribution >= 4 is 10.9 Å². The highest BCUT2D eigenvalue weighted by molar-refractivity contribution is 5.82. The van der Waals surface area contributed by atoms with E-state index in [9.17, 15) is 0 Å². The first-order valence-electron chi connectivity index (χ1n) is 5.36. The maximum absolute atomic E-state index is 3.28. The highest BCUT2D eigenvalue weighted by Crippen LogP contribution is 2.23. The number of aromatic nitrogens is 1. The lowest BCUT2D eigenvalue weighted by atomic mass is 10.2. The van der Waals surface area contributed by atoms with Gasteiger partial charge in [-0.05, 0) is 44.0 Å². The van der Waals surface area contributed by atoms with Crippen molar-refractivity contribution in [1.29, 1.82) is 0 Å². The molecule has 80 valence electrons. The van der Waals surface area contributed by atoms with E-state index in [1.807, 2.05) is 7.05 Å². The molecular formula is C13H18N2. The molecular weight excluding hydrogens is 184 g/mol. The molecule has 2 rings (SSSR count). The van der Waals surface area contributed by atoms with Crippen molar-refractivity contribution in [2.45, 2.75) is 19.9 Å². The van der Waals surface area contributed by atoms with Gasteiger partial charge in [0.2, 0.25) is 0 Å². The molecule has 0 saturated heterocycles. The summed E-state index contributed by atoms with van der Waals surface area (Å²) in [5.74, 6) is 0. The summed E-state index contributed by atoms with van der Waals surface area (Å²) in [6.45, 7) is 4.31. The van der Waals surface area contributed by atoms with Crippen molar-refractivity contribution in [1.82, 2.24) is 9.88 Å². The number of nitrogens with zero attached hydrogens (tertiary/aromatic N) is 1. The van der Waals surface area contributed by atoms with Crippen molar-refractivity contribution in [2.24, 2.45) is 7.05 Å². The van der Waals surface area contributed by atoms with Gasteiger partial charge in [0.25, 0.3) is 0 Å². The summed E-state index contributed by atoms with van der Waals surface area (Å²) in [6.07, 6.45) is 0. The number of hydrogen-bond acceptors (Lipinski definition) is 1. The van der Waals surface area contributed by atoms with Crippen LogP contribution in [-0.4, -0.2) is 11.6 Å². The van der Waals surface area contributed by atoms with Crippen LogP contribution in [0.15, 0.2) is 24.3 Å². The first-order chi connectivity index (χ1) is 7.13. The monoisotopic (exact) mass is 202 g/mol. The number of aryl methyl sites for hydroxylation is 2. The van der Waals surface area contributed by atoms with Gasteiger partial charge in [0.1, 0.15) is 0 Å². The summed E-state index contributed by atoms with van der Waals surface area (Å²) in [5.41, 5.74) is 3.96. The Kier molecular flexibility index (Phi) is 2.53. The first kappa shape index (κ1) is 10.2. The summed E-state index contributed by atoms with van der Waals surface area (Å²) in [6, 6.07) is 9.24. The quantitative estimate of drug-likeness (QED) is 0.792. The maximum atomic E-state index is 3.28. The lowest BCUT2D eigenvalue weighted by molar-refractivity contribution is 0.609. The van der Waals surface area contributed by atoms with Gasteiger partial charge in [-0.15, -0.1) is 0 Å². The van der Waals surface area contributed by atoms with E-state index in [2.05, 4.69) is 55.0 Å². The van der Waals surface area contributed by atoms with E-state index in [1.165, 1.54) is 22.2 Å². The number of hydrogen-bond donors (Lipinski definition) is 1. The van der Waals surface area contributed by atoms with Crippen LogP contribution in [0.3, 0.4) is 0 Å². The van der Waals surface area contributed by atoms with E-state index in [0.29, 0.717) is 6.04 Å². The highest BCUT2D eigenvalue weighted by Gasteiger charge is 2.10. The minimum Gasteiger partial charge on any atom is -0.346 e. The first-order valence-corrected chi connectivity index (χ1v) is 5.36. The number of rotatable bonds is 2. The minimum absolute atomic E-state index is 0.391. The number of nitrogens with one attached hydrogen (secondary N) is 1. The van der Waals surface area contributed by atoms with E-state index in [1.54, 1.807) is 0 Å². The molecule has 0 aliphatic carbocycles. The Bertz CT molecular complexity index is 482. The molecule has 0 aliphatic heterocycles. The van der Waals surface area contributed by atoms with Crippen LogP contribution in [0.2, 0.25) is 0 Å². The molecule has 0 spiro atoms. The molecule has 1 atom stereocenters. The molecule has 0 amide bonds. The fourth-order valence-corrected chi connectivity index (χ4v) is 2.02. The summed E-state index contributed by atoms with van der Waals surface area (Å²) in [5, 5.41) is 4.60. The molecule has 0 radical (unpaired) electrons. The van der Waals surface area contributed by atoms with E-state index in [4.69, 9.17) is 0 Å². The second-order valence-electron chi connectivity index (χ2n) is 4.20. The summed E-state index contributed by atoms with van der Waals surface area (Å²) >= 11 is 0. The van der Waals surface area contributed by atoms with Gasteiger partial charge in [0.05, 0.1) is 0 Å². The minimum atomic E-state index is 0.391. The Balaban J connectivity index is 2.64. The Hall–Kier alpha value is -1.28. The maximum Gasteiger partial charge on any atom is 0.0483 e. The van der Waals surface area contributed by atoms with Gasteiger partial charge in [-0.3, -0.25) is 0 Å². The zero-order valence-corrected chi connectivity index (χ0v) is 9.83. The lowest BCUT2D eigenvalue weighted by Crippen LogP contribution is -2.15. The Morgan fingerprint density at radius 1 is 1.27 bits per heavy atom. The molecule has 2 aromatic rings. The van der Waals surface area contributed by atoms with Gasteiger partial charge < -0.3 is 9.88 Å². The normalized spacial score (nSPS) is 13.3. The molecule has 1 aromatic heterocycles. The molecule has 0 bridgehead atoms. The number of fused-ring (bicyclic) bond motifs is 1. The molecule has 2 heteroatoms. The van der Waals surface area contributed by atoms with E-state index >= 15 is 0 Å². The second-order valence-corrected chi connectivity index (χ2v) is 4.20. The fourth-order valence-electron chi connectivity index (χ4n) is 2.02. The zero-order valence-electron chi connectivity index (χ0n) is 9.83. The Labute approximate surface area is 90.9 Å². The Morgan fingerprint density at radius 2 is 2.00 bits per heavy atom. The van der Waals surface area contributed by atoms with Gasteiger partial charge in [0.15, 0.2) is 0 Å². The van der Waals surface area contributed by atoms with Crippen LogP contribution in [0, 0.1) is 6.92 Å². The third-order valence-corrected chi connectivity index (χ3v) is 3.11. The molecule has 0 saturated carbocycles. The topological polar surface area (TPSA) is 17.0 Å². The van der Waals surface area contributed by atoms with Crippen LogP contribution in [0.25, 0.3) is 10.9 Å². The van der Waals surface area contributed by atoms with Gasteiger partial charge >= 0.3 is 0 Å². The summed E-state index contributed by atoms with van der Waals surface area (Å²) < 4.78 is 2.27. The van der Waals surface area contributed by atoms with Crippen LogP contribution < -0.4 is 5.32 Å². The fraction of sp³-hybridized carbons (Fsp3) is 0.385. The SMILES string of the molecule is CNC(C)c1cc2ccc(C)cc2n1C. The van der Waals surface area contributed by atoms with E-state index in [0.717, 1.165) is 0 Å². The molecule has 1 heterocycles. The predicted molar refractivity (Wildman–Crippen MR) is 65.1 cm³/mol. The van der Waals surface area contributed by atoms with Gasteiger partial charge in [-0.2, -0.15) is 0 Å². The molecule has 0 aliphatic rings. The van der Waals surface area contributed by atoms with Crippen molar-refractivity contribution in [2.75, 3.05) is 7.05 Å². The van der Waals surface area contributed by atoms with Crippen molar-refractivity contribution < 1.29 is 0 Å². The van der Waals surface area contributed by atoms with Crippen LogP contribution in [-0.2, 0) is 7.05 Å². The van der Waals surface area contributed by atoms with Crippen LogP contribution >= 0.6 is 0 Å². The number of benzene rings is 1.